The van der Waals surface area contributed by atoms with Crippen molar-refractivity contribution in [2.24, 2.45) is 22.6 Å². The fourth-order valence-electron chi connectivity index (χ4n) is 1.70. The van der Waals surface area contributed by atoms with E-state index in [9.17, 15) is 0 Å². The maximum atomic E-state index is 5.89. The molecule has 0 aromatic rings. The molecule has 4 heteroatoms. The fourth-order valence-corrected chi connectivity index (χ4v) is 1.70. The molecule has 0 heterocycles. The van der Waals surface area contributed by atoms with Crippen LogP contribution in [0, 0.1) is 11.8 Å². The maximum absolute atomic E-state index is 5.89. The van der Waals surface area contributed by atoms with E-state index in [2.05, 4.69) is 32.7 Å². The molecule has 0 aromatic carbocycles. The first kappa shape index (κ1) is 17.4. The average molecular weight is 255 g/mol. The molecule has 1 aliphatic rings. The summed E-state index contributed by atoms with van der Waals surface area (Å²) in [6, 6.07) is 0. The number of hydrogen-bond acceptors (Lipinski definition) is 1. The zero-order chi connectivity index (χ0) is 10.1. The number of halogens is 2. The lowest BCUT2D eigenvalue weighted by Gasteiger charge is -2.16. The SMILES string of the molecule is CC(C)CC(N)=NC1(C(C)C)CC1.Cl.Cl. The third-order valence-electron chi connectivity index (χ3n) is 2.82. The lowest BCUT2D eigenvalue weighted by molar-refractivity contribution is 0.478. The fraction of sp³-hybridized carbons (Fsp3) is 0.909. The van der Waals surface area contributed by atoms with Gasteiger partial charge >= 0.3 is 0 Å². The van der Waals surface area contributed by atoms with Crippen LogP contribution in [0.3, 0.4) is 0 Å². The summed E-state index contributed by atoms with van der Waals surface area (Å²) in [6.45, 7) is 8.83. The molecule has 1 fully saturated rings. The van der Waals surface area contributed by atoms with Crippen LogP contribution in [0.2, 0.25) is 0 Å². The second kappa shape index (κ2) is 6.59. The van der Waals surface area contributed by atoms with Crippen molar-refractivity contribution in [3.8, 4) is 0 Å². The molecule has 0 radical (unpaired) electrons. The molecule has 2 N–H and O–H groups in total. The first-order valence-corrected chi connectivity index (χ1v) is 5.30. The Balaban J connectivity index is 0. The highest BCUT2D eigenvalue weighted by atomic mass is 35.5. The highest BCUT2D eigenvalue weighted by Gasteiger charge is 2.45. The molecular formula is C11H24Cl2N2. The molecule has 15 heavy (non-hydrogen) atoms. The quantitative estimate of drug-likeness (QED) is 0.606. The van der Waals surface area contributed by atoms with E-state index < -0.39 is 0 Å². The van der Waals surface area contributed by atoms with Crippen molar-refractivity contribution in [2.75, 3.05) is 0 Å². The molecule has 1 saturated carbocycles. The molecule has 0 bridgehead atoms. The van der Waals surface area contributed by atoms with E-state index in [-0.39, 0.29) is 30.4 Å². The van der Waals surface area contributed by atoms with Gasteiger partial charge in [0.25, 0.3) is 0 Å². The molecule has 0 amide bonds. The number of hydrogen-bond donors (Lipinski definition) is 1. The van der Waals surface area contributed by atoms with Crippen LogP contribution in [0.4, 0.5) is 0 Å². The third-order valence-corrected chi connectivity index (χ3v) is 2.82. The number of amidine groups is 1. The van der Waals surface area contributed by atoms with Gasteiger partial charge in [0.1, 0.15) is 0 Å². The average Bonchev–Trinajstić information content (AvgIpc) is 2.66. The predicted octanol–water partition coefficient (Wildman–Crippen LogP) is 3.42. The molecule has 0 unspecified atom stereocenters. The summed E-state index contributed by atoms with van der Waals surface area (Å²) in [5.74, 6) is 2.10. The van der Waals surface area contributed by atoms with E-state index in [0.29, 0.717) is 11.8 Å². The number of rotatable bonds is 4. The van der Waals surface area contributed by atoms with Crippen molar-refractivity contribution >= 4 is 30.6 Å². The summed E-state index contributed by atoms with van der Waals surface area (Å²) in [5, 5.41) is 0. The molecular weight excluding hydrogens is 231 g/mol. The Morgan fingerprint density at radius 2 is 1.67 bits per heavy atom. The molecule has 1 aliphatic carbocycles. The zero-order valence-electron chi connectivity index (χ0n) is 10.1. The van der Waals surface area contributed by atoms with E-state index in [0.717, 1.165) is 12.3 Å². The van der Waals surface area contributed by atoms with Gasteiger partial charge in [-0.3, -0.25) is 4.99 Å². The van der Waals surface area contributed by atoms with Crippen molar-refractivity contribution in [2.45, 2.75) is 52.5 Å². The second-order valence-electron chi connectivity index (χ2n) is 4.96. The van der Waals surface area contributed by atoms with Crippen LogP contribution in [-0.2, 0) is 0 Å². The Morgan fingerprint density at radius 3 is 1.93 bits per heavy atom. The Hall–Kier alpha value is 0.0500. The topological polar surface area (TPSA) is 38.4 Å². The van der Waals surface area contributed by atoms with E-state index in [1.54, 1.807) is 0 Å². The number of nitrogens with zero attached hydrogens (tertiary/aromatic N) is 1. The van der Waals surface area contributed by atoms with Gasteiger partial charge in [0.2, 0.25) is 0 Å². The van der Waals surface area contributed by atoms with Crippen molar-refractivity contribution in [1.29, 1.82) is 0 Å². The molecule has 0 aromatic heterocycles. The molecule has 0 spiro atoms. The van der Waals surface area contributed by atoms with E-state index in [4.69, 9.17) is 5.73 Å². The van der Waals surface area contributed by atoms with E-state index >= 15 is 0 Å². The molecule has 0 saturated heterocycles. The number of nitrogens with two attached hydrogens (primary N) is 1. The molecule has 2 nitrogen and oxygen atoms in total. The lowest BCUT2D eigenvalue weighted by atomic mass is 10.0. The van der Waals surface area contributed by atoms with Gasteiger partial charge in [0, 0.05) is 6.42 Å². The third kappa shape index (κ3) is 5.07. The van der Waals surface area contributed by atoms with Crippen LogP contribution in [-0.4, -0.2) is 11.4 Å². The zero-order valence-corrected chi connectivity index (χ0v) is 11.8. The summed E-state index contributed by atoms with van der Waals surface area (Å²) in [4.78, 5) is 4.65. The van der Waals surface area contributed by atoms with Gasteiger partial charge in [-0.05, 0) is 24.7 Å². The largest absolute Gasteiger partial charge is 0.387 e. The summed E-state index contributed by atoms with van der Waals surface area (Å²) in [6.07, 6.45) is 3.39. The van der Waals surface area contributed by atoms with Crippen molar-refractivity contribution in [3.63, 3.8) is 0 Å². The van der Waals surface area contributed by atoms with Crippen LogP contribution in [0.25, 0.3) is 0 Å². The van der Waals surface area contributed by atoms with E-state index in [1.165, 1.54) is 12.8 Å². The van der Waals surface area contributed by atoms with Crippen LogP contribution in [0.1, 0.15) is 47.0 Å². The summed E-state index contributed by atoms with van der Waals surface area (Å²) >= 11 is 0. The van der Waals surface area contributed by atoms with Gasteiger partial charge < -0.3 is 5.73 Å². The summed E-state index contributed by atoms with van der Waals surface area (Å²) in [5.41, 5.74) is 6.11. The number of aliphatic imine (C=N–C) groups is 1. The standard InChI is InChI=1S/C11H22N2.2ClH/c1-8(2)7-10(12)13-11(5-6-11)9(3)4;;/h8-9H,5-7H2,1-4H3,(H2,12,13);2*1H. The lowest BCUT2D eigenvalue weighted by Crippen LogP contribution is -2.22. The van der Waals surface area contributed by atoms with Gasteiger partial charge in [-0.25, -0.2) is 0 Å². The molecule has 92 valence electrons. The van der Waals surface area contributed by atoms with Crippen molar-refractivity contribution in [3.05, 3.63) is 0 Å². The van der Waals surface area contributed by atoms with Crippen molar-refractivity contribution in [1.82, 2.24) is 0 Å². The molecule has 0 atom stereocenters. The first-order valence-electron chi connectivity index (χ1n) is 5.30. The van der Waals surface area contributed by atoms with Gasteiger partial charge in [0.15, 0.2) is 0 Å². The minimum atomic E-state index is 0. The van der Waals surface area contributed by atoms with Gasteiger partial charge in [0.05, 0.1) is 11.4 Å². The van der Waals surface area contributed by atoms with Crippen LogP contribution < -0.4 is 5.73 Å². The van der Waals surface area contributed by atoms with Crippen LogP contribution >= 0.6 is 24.8 Å². The van der Waals surface area contributed by atoms with Crippen LogP contribution in [0.15, 0.2) is 4.99 Å². The Bertz CT molecular complexity index is 209. The monoisotopic (exact) mass is 254 g/mol. The minimum absolute atomic E-state index is 0. The second-order valence-corrected chi connectivity index (χ2v) is 4.96. The normalized spacial score (nSPS) is 18.4. The van der Waals surface area contributed by atoms with Gasteiger partial charge in [-0.1, -0.05) is 27.7 Å². The first-order chi connectivity index (χ1) is 5.96. The summed E-state index contributed by atoms with van der Waals surface area (Å²) in [7, 11) is 0. The Labute approximate surface area is 106 Å². The smallest absolute Gasteiger partial charge is 0.0946 e. The Morgan fingerprint density at radius 1 is 1.20 bits per heavy atom. The highest BCUT2D eigenvalue weighted by Crippen LogP contribution is 2.46. The van der Waals surface area contributed by atoms with Crippen molar-refractivity contribution < 1.29 is 0 Å². The minimum Gasteiger partial charge on any atom is -0.387 e. The van der Waals surface area contributed by atoms with Crippen LogP contribution in [0.5, 0.6) is 0 Å². The summed E-state index contributed by atoms with van der Waals surface area (Å²) < 4.78 is 0. The highest BCUT2D eigenvalue weighted by molar-refractivity contribution is 5.85. The molecule has 0 aliphatic heterocycles. The van der Waals surface area contributed by atoms with Gasteiger partial charge in [-0.15, -0.1) is 24.8 Å². The van der Waals surface area contributed by atoms with E-state index in [1.807, 2.05) is 0 Å². The molecule has 1 rings (SSSR count). The maximum Gasteiger partial charge on any atom is 0.0946 e. The van der Waals surface area contributed by atoms with Gasteiger partial charge in [-0.2, -0.15) is 0 Å². The Kier molecular flexibility index (Phi) is 7.67. The predicted molar refractivity (Wildman–Crippen MR) is 72.4 cm³/mol.